The minimum Gasteiger partial charge on any atom is -0.358 e. The Bertz CT molecular complexity index is 1240. The molecule has 0 bridgehead atoms. The number of tetrazole rings is 1. The number of hydrogen-bond donors (Lipinski definition) is 1. The molecular formula is C22H22N6OS. The number of hydrogen-bond acceptors (Lipinski definition) is 5. The molecule has 2 aromatic heterocycles. The molecule has 1 amide bonds. The molecule has 3 heterocycles. The molecular weight excluding hydrogens is 396 g/mol. The maximum atomic E-state index is 12.9. The Balaban J connectivity index is 1.30. The molecule has 0 saturated carbocycles. The fraction of sp³-hybridized carbons (Fsp3) is 0.273. The molecule has 4 aromatic rings. The highest BCUT2D eigenvalue weighted by Crippen LogP contribution is 2.28. The lowest BCUT2D eigenvalue weighted by Crippen LogP contribution is -2.36. The lowest BCUT2D eigenvalue weighted by Gasteiger charge is -2.27. The van der Waals surface area contributed by atoms with Crippen LogP contribution in [0.5, 0.6) is 0 Å². The van der Waals surface area contributed by atoms with Gasteiger partial charge in [-0.15, -0.1) is 5.10 Å². The highest BCUT2D eigenvalue weighted by Gasteiger charge is 2.24. The third-order valence-electron chi connectivity index (χ3n) is 5.58. The fourth-order valence-electron chi connectivity index (χ4n) is 4.06. The largest absolute Gasteiger partial charge is 0.358 e. The van der Waals surface area contributed by atoms with Gasteiger partial charge in [0.2, 0.25) is 11.1 Å². The summed E-state index contributed by atoms with van der Waals surface area (Å²) in [4.78, 5) is 18.4. The number of para-hydroxylation sites is 1. The summed E-state index contributed by atoms with van der Waals surface area (Å²) in [7, 11) is 0. The second-order valence-corrected chi connectivity index (χ2v) is 8.59. The highest BCUT2D eigenvalue weighted by atomic mass is 32.2. The molecule has 0 atom stereocenters. The van der Waals surface area contributed by atoms with E-state index >= 15 is 0 Å². The number of aromatic nitrogens is 5. The van der Waals surface area contributed by atoms with Gasteiger partial charge in [0.25, 0.3) is 0 Å². The van der Waals surface area contributed by atoms with E-state index in [9.17, 15) is 4.79 Å². The van der Waals surface area contributed by atoms with Crippen molar-refractivity contribution in [3.8, 4) is 5.69 Å². The number of amides is 1. The van der Waals surface area contributed by atoms with Crippen molar-refractivity contribution in [3.63, 3.8) is 0 Å². The molecule has 1 aliphatic rings. The van der Waals surface area contributed by atoms with Crippen LogP contribution in [0, 0.1) is 13.8 Å². The summed E-state index contributed by atoms with van der Waals surface area (Å²) in [6.45, 7) is 5.46. The van der Waals surface area contributed by atoms with Crippen molar-refractivity contribution in [1.29, 1.82) is 0 Å². The Hall–Kier alpha value is -3.13. The molecule has 1 N–H and O–H groups in total. The van der Waals surface area contributed by atoms with Crippen LogP contribution >= 0.6 is 11.8 Å². The number of nitrogens with one attached hydrogen (secondary N) is 1. The molecule has 5 rings (SSSR count). The van der Waals surface area contributed by atoms with Gasteiger partial charge in [0.15, 0.2) is 0 Å². The molecule has 0 unspecified atom stereocenters. The Morgan fingerprint density at radius 3 is 2.93 bits per heavy atom. The molecule has 0 radical (unpaired) electrons. The average molecular weight is 419 g/mol. The molecule has 7 nitrogen and oxygen atoms in total. The lowest BCUT2D eigenvalue weighted by molar-refractivity contribution is -0.129. The first-order valence-electron chi connectivity index (χ1n) is 9.95. The van der Waals surface area contributed by atoms with E-state index < -0.39 is 0 Å². The first-order valence-corrected chi connectivity index (χ1v) is 10.9. The molecule has 0 fully saturated rings. The molecule has 1 aliphatic heterocycles. The Labute approximate surface area is 178 Å². The summed E-state index contributed by atoms with van der Waals surface area (Å²) in [5.74, 6) is 0.411. The summed E-state index contributed by atoms with van der Waals surface area (Å²) in [5, 5.41) is 13.9. The first kappa shape index (κ1) is 18.9. The van der Waals surface area contributed by atoms with Crippen LogP contribution in [0.15, 0.2) is 47.6 Å². The third kappa shape index (κ3) is 3.37. The van der Waals surface area contributed by atoms with Gasteiger partial charge in [-0.2, -0.15) is 4.68 Å². The molecule has 30 heavy (non-hydrogen) atoms. The van der Waals surface area contributed by atoms with Crippen molar-refractivity contribution >= 4 is 28.6 Å². The van der Waals surface area contributed by atoms with E-state index in [2.05, 4.69) is 45.6 Å². The fourth-order valence-corrected chi connectivity index (χ4v) is 4.85. The molecule has 8 heteroatoms. The Kier molecular flexibility index (Phi) is 4.78. The van der Waals surface area contributed by atoms with Crippen LogP contribution in [0.3, 0.4) is 0 Å². The Morgan fingerprint density at radius 2 is 2.07 bits per heavy atom. The number of carbonyl (C=O) groups excluding carboxylic acids is 1. The van der Waals surface area contributed by atoms with Gasteiger partial charge in [-0.25, -0.2) is 0 Å². The normalized spacial score (nSPS) is 13.6. The van der Waals surface area contributed by atoms with Crippen molar-refractivity contribution in [2.45, 2.75) is 32.0 Å². The van der Waals surface area contributed by atoms with Crippen LogP contribution < -0.4 is 0 Å². The lowest BCUT2D eigenvalue weighted by atomic mass is 10.0. The van der Waals surface area contributed by atoms with Crippen molar-refractivity contribution in [2.75, 3.05) is 12.3 Å². The topological polar surface area (TPSA) is 79.7 Å². The second kappa shape index (κ2) is 7.60. The predicted molar refractivity (Wildman–Crippen MR) is 117 cm³/mol. The van der Waals surface area contributed by atoms with Crippen LogP contribution in [0.2, 0.25) is 0 Å². The maximum absolute atomic E-state index is 12.9. The quantitative estimate of drug-likeness (QED) is 0.514. The van der Waals surface area contributed by atoms with Gasteiger partial charge in [-0.3, -0.25) is 4.79 Å². The highest BCUT2D eigenvalue weighted by molar-refractivity contribution is 7.99. The molecule has 0 spiro atoms. The van der Waals surface area contributed by atoms with Crippen molar-refractivity contribution < 1.29 is 4.79 Å². The monoisotopic (exact) mass is 418 g/mol. The number of thioether (sulfide) groups is 1. The van der Waals surface area contributed by atoms with Crippen molar-refractivity contribution in [1.82, 2.24) is 30.1 Å². The predicted octanol–water partition coefficient (Wildman–Crippen LogP) is 3.44. The molecule has 152 valence electrons. The van der Waals surface area contributed by atoms with Crippen LogP contribution in [0.1, 0.15) is 22.4 Å². The van der Waals surface area contributed by atoms with Gasteiger partial charge >= 0.3 is 0 Å². The van der Waals surface area contributed by atoms with E-state index in [0.29, 0.717) is 17.5 Å². The summed E-state index contributed by atoms with van der Waals surface area (Å²) in [6, 6.07) is 14.4. The Morgan fingerprint density at radius 1 is 1.20 bits per heavy atom. The standard InChI is InChI=1S/C22H22N6OS/c1-14-7-8-20(15(2)11-14)28-22(24-25-26-28)30-13-21(29)27-10-9-19-17(12-27)16-5-3-4-6-18(16)23-19/h3-8,11,23H,9-10,12-13H2,1-2H3. The van der Waals surface area contributed by atoms with Crippen LogP contribution in [0.25, 0.3) is 16.6 Å². The number of carbonyl (C=O) groups is 1. The maximum Gasteiger partial charge on any atom is 0.233 e. The van der Waals surface area contributed by atoms with Gasteiger partial charge in [0.05, 0.1) is 11.4 Å². The number of nitrogens with zero attached hydrogens (tertiary/aromatic N) is 5. The van der Waals surface area contributed by atoms with E-state index in [1.807, 2.05) is 36.1 Å². The summed E-state index contributed by atoms with van der Waals surface area (Å²) in [6.07, 6.45) is 0.848. The number of fused-ring (bicyclic) bond motifs is 3. The van der Waals surface area contributed by atoms with Gasteiger partial charge in [0, 0.05) is 41.7 Å². The van der Waals surface area contributed by atoms with Gasteiger partial charge in [-0.05, 0) is 42.0 Å². The number of rotatable bonds is 4. The number of benzene rings is 2. The van der Waals surface area contributed by atoms with Gasteiger partial charge in [0.1, 0.15) is 0 Å². The minimum absolute atomic E-state index is 0.103. The van der Waals surface area contributed by atoms with Crippen LogP contribution in [-0.4, -0.2) is 48.3 Å². The average Bonchev–Trinajstić information content (AvgIpc) is 3.36. The zero-order chi connectivity index (χ0) is 20.7. The number of H-pyrrole nitrogens is 1. The second-order valence-electron chi connectivity index (χ2n) is 7.64. The van der Waals surface area contributed by atoms with Crippen molar-refractivity contribution in [2.24, 2.45) is 0 Å². The molecule has 0 aliphatic carbocycles. The smallest absolute Gasteiger partial charge is 0.233 e. The van der Waals surface area contributed by atoms with Crippen LogP contribution in [-0.2, 0) is 17.8 Å². The van der Waals surface area contributed by atoms with Crippen LogP contribution in [0.4, 0.5) is 0 Å². The van der Waals surface area contributed by atoms with Gasteiger partial charge < -0.3 is 9.88 Å². The van der Waals surface area contributed by atoms with E-state index in [-0.39, 0.29) is 5.91 Å². The first-order chi connectivity index (χ1) is 14.6. The van der Waals surface area contributed by atoms with E-state index in [4.69, 9.17) is 0 Å². The zero-order valence-corrected chi connectivity index (χ0v) is 17.7. The number of aryl methyl sites for hydroxylation is 2. The van der Waals surface area contributed by atoms with Crippen molar-refractivity contribution in [3.05, 3.63) is 64.8 Å². The third-order valence-corrected chi connectivity index (χ3v) is 6.49. The summed E-state index contributed by atoms with van der Waals surface area (Å²) < 4.78 is 1.71. The summed E-state index contributed by atoms with van der Waals surface area (Å²) >= 11 is 1.38. The van der Waals surface area contributed by atoms with E-state index in [1.165, 1.54) is 34.0 Å². The van der Waals surface area contributed by atoms with Gasteiger partial charge in [-0.1, -0.05) is 47.7 Å². The SMILES string of the molecule is Cc1ccc(-n2nnnc2SCC(=O)N2CCc3[nH]c4ccccc4c3C2)c(C)c1. The van der Waals surface area contributed by atoms with E-state index in [0.717, 1.165) is 29.7 Å². The van der Waals surface area contributed by atoms with E-state index in [1.54, 1.807) is 4.68 Å². The minimum atomic E-state index is 0.103. The molecule has 0 saturated heterocycles. The summed E-state index contributed by atoms with van der Waals surface area (Å²) in [5.41, 5.74) is 6.83. The molecule has 2 aromatic carbocycles. The number of aromatic amines is 1. The zero-order valence-electron chi connectivity index (χ0n) is 16.9.